The van der Waals surface area contributed by atoms with E-state index < -0.39 is 0 Å². The Bertz CT molecular complexity index is 290. The van der Waals surface area contributed by atoms with Crippen molar-refractivity contribution in [2.45, 2.75) is 57.9 Å². The van der Waals surface area contributed by atoms with Crippen molar-refractivity contribution in [3.63, 3.8) is 0 Å². The predicted molar refractivity (Wildman–Crippen MR) is 66.6 cm³/mol. The van der Waals surface area contributed by atoms with Gasteiger partial charge in [-0.15, -0.1) is 11.3 Å². The zero-order chi connectivity index (χ0) is 10.5. The highest BCUT2D eigenvalue weighted by Crippen LogP contribution is 2.23. The molecular weight excluding hydrogens is 204 g/mol. The Hall–Kier alpha value is -0.570. The molecule has 0 unspecified atom stereocenters. The van der Waals surface area contributed by atoms with Crippen LogP contribution in [0.4, 0.5) is 5.13 Å². The van der Waals surface area contributed by atoms with Crippen molar-refractivity contribution in [3.8, 4) is 0 Å². The van der Waals surface area contributed by atoms with E-state index >= 15 is 0 Å². The van der Waals surface area contributed by atoms with Crippen LogP contribution < -0.4 is 5.32 Å². The Labute approximate surface area is 96.1 Å². The summed E-state index contributed by atoms with van der Waals surface area (Å²) in [6, 6.07) is 0.680. The lowest BCUT2D eigenvalue weighted by Gasteiger charge is -2.22. The van der Waals surface area contributed by atoms with Gasteiger partial charge in [0.25, 0.3) is 0 Å². The number of anilines is 1. The van der Waals surface area contributed by atoms with Crippen LogP contribution in [0.15, 0.2) is 5.38 Å². The van der Waals surface area contributed by atoms with Gasteiger partial charge in [-0.25, -0.2) is 4.98 Å². The number of hydrogen-bond acceptors (Lipinski definition) is 3. The first-order valence-electron chi connectivity index (χ1n) is 6.09. The van der Waals surface area contributed by atoms with Crippen LogP contribution in [0.25, 0.3) is 0 Å². The van der Waals surface area contributed by atoms with E-state index in [9.17, 15) is 0 Å². The molecule has 3 heteroatoms. The summed E-state index contributed by atoms with van der Waals surface area (Å²) >= 11 is 1.76. The lowest BCUT2D eigenvalue weighted by molar-refractivity contribution is 0.462. The molecular formula is C12H20N2S. The maximum absolute atomic E-state index is 4.60. The second-order valence-electron chi connectivity index (χ2n) is 4.37. The van der Waals surface area contributed by atoms with Crippen molar-refractivity contribution < 1.29 is 0 Å². The summed E-state index contributed by atoms with van der Waals surface area (Å²) < 4.78 is 0. The van der Waals surface area contributed by atoms with Gasteiger partial charge in [0, 0.05) is 11.4 Å². The summed E-state index contributed by atoms with van der Waals surface area (Å²) in [5, 5.41) is 6.89. The molecule has 2 rings (SSSR count). The zero-order valence-electron chi connectivity index (χ0n) is 9.46. The fourth-order valence-corrected chi connectivity index (χ4v) is 2.99. The topological polar surface area (TPSA) is 24.9 Å². The lowest BCUT2D eigenvalue weighted by atomic mass is 9.96. The SMILES string of the molecule is CCCc1csc(NC2CCCCC2)n1. The molecule has 1 heterocycles. The van der Waals surface area contributed by atoms with Gasteiger partial charge in [0.05, 0.1) is 5.69 Å². The van der Waals surface area contributed by atoms with Crippen LogP contribution in [-0.4, -0.2) is 11.0 Å². The van der Waals surface area contributed by atoms with E-state index in [1.807, 2.05) is 0 Å². The summed E-state index contributed by atoms with van der Waals surface area (Å²) in [6.07, 6.45) is 9.12. The third-order valence-electron chi connectivity index (χ3n) is 2.99. The number of aryl methyl sites for hydroxylation is 1. The van der Waals surface area contributed by atoms with Crippen LogP contribution in [0.1, 0.15) is 51.1 Å². The molecule has 0 atom stereocenters. The number of rotatable bonds is 4. The number of nitrogens with zero attached hydrogens (tertiary/aromatic N) is 1. The van der Waals surface area contributed by atoms with Crippen LogP contribution >= 0.6 is 11.3 Å². The van der Waals surface area contributed by atoms with Crippen molar-refractivity contribution in [1.82, 2.24) is 4.98 Å². The van der Waals surface area contributed by atoms with Crippen molar-refractivity contribution in [1.29, 1.82) is 0 Å². The molecule has 84 valence electrons. The number of thiazole rings is 1. The van der Waals surface area contributed by atoms with Crippen molar-refractivity contribution in [2.75, 3.05) is 5.32 Å². The molecule has 0 saturated heterocycles. The van der Waals surface area contributed by atoms with Gasteiger partial charge in [0.1, 0.15) is 0 Å². The molecule has 1 aliphatic rings. The Morgan fingerprint density at radius 2 is 2.20 bits per heavy atom. The van der Waals surface area contributed by atoms with Gasteiger partial charge in [-0.2, -0.15) is 0 Å². The quantitative estimate of drug-likeness (QED) is 0.840. The minimum Gasteiger partial charge on any atom is -0.359 e. The lowest BCUT2D eigenvalue weighted by Crippen LogP contribution is -2.22. The largest absolute Gasteiger partial charge is 0.359 e. The average Bonchev–Trinajstić information content (AvgIpc) is 2.68. The van der Waals surface area contributed by atoms with Crippen LogP contribution in [0.2, 0.25) is 0 Å². The van der Waals surface area contributed by atoms with E-state index in [-0.39, 0.29) is 0 Å². The van der Waals surface area contributed by atoms with E-state index in [0.29, 0.717) is 6.04 Å². The van der Waals surface area contributed by atoms with Gasteiger partial charge in [0.2, 0.25) is 0 Å². The summed E-state index contributed by atoms with van der Waals surface area (Å²) in [7, 11) is 0. The molecule has 1 saturated carbocycles. The molecule has 0 radical (unpaired) electrons. The monoisotopic (exact) mass is 224 g/mol. The first kappa shape index (κ1) is 10.9. The minimum atomic E-state index is 0.680. The van der Waals surface area contributed by atoms with Crippen LogP contribution in [-0.2, 0) is 6.42 Å². The van der Waals surface area contributed by atoms with Crippen molar-refractivity contribution in [2.24, 2.45) is 0 Å². The van der Waals surface area contributed by atoms with E-state index in [4.69, 9.17) is 0 Å². The second kappa shape index (κ2) is 5.50. The highest BCUT2D eigenvalue weighted by atomic mass is 32.1. The molecule has 0 aromatic carbocycles. The fraction of sp³-hybridized carbons (Fsp3) is 0.750. The molecule has 0 spiro atoms. The van der Waals surface area contributed by atoms with Gasteiger partial charge in [-0.05, 0) is 19.3 Å². The highest BCUT2D eigenvalue weighted by Gasteiger charge is 2.14. The van der Waals surface area contributed by atoms with Gasteiger partial charge in [0.15, 0.2) is 5.13 Å². The fourth-order valence-electron chi connectivity index (χ4n) is 2.17. The maximum Gasteiger partial charge on any atom is 0.183 e. The van der Waals surface area contributed by atoms with E-state index in [1.165, 1.54) is 44.2 Å². The summed E-state index contributed by atoms with van der Waals surface area (Å²) in [5.74, 6) is 0. The first-order chi connectivity index (χ1) is 7.38. The molecule has 1 aromatic rings. The van der Waals surface area contributed by atoms with Crippen LogP contribution in [0.3, 0.4) is 0 Å². The molecule has 1 fully saturated rings. The van der Waals surface area contributed by atoms with E-state index in [0.717, 1.165) is 11.6 Å². The number of nitrogens with one attached hydrogen (secondary N) is 1. The smallest absolute Gasteiger partial charge is 0.183 e. The van der Waals surface area contributed by atoms with Gasteiger partial charge in [-0.1, -0.05) is 32.6 Å². The maximum atomic E-state index is 4.60. The Kier molecular flexibility index (Phi) is 4.01. The molecule has 1 aliphatic carbocycles. The third kappa shape index (κ3) is 3.20. The van der Waals surface area contributed by atoms with Crippen LogP contribution in [0.5, 0.6) is 0 Å². The van der Waals surface area contributed by atoms with Crippen molar-refractivity contribution in [3.05, 3.63) is 11.1 Å². The van der Waals surface area contributed by atoms with Gasteiger partial charge >= 0.3 is 0 Å². The molecule has 1 N–H and O–H groups in total. The molecule has 1 aromatic heterocycles. The van der Waals surface area contributed by atoms with E-state index in [1.54, 1.807) is 11.3 Å². The van der Waals surface area contributed by atoms with Crippen molar-refractivity contribution >= 4 is 16.5 Å². The first-order valence-corrected chi connectivity index (χ1v) is 6.97. The number of hydrogen-bond donors (Lipinski definition) is 1. The summed E-state index contributed by atoms with van der Waals surface area (Å²) in [4.78, 5) is 4.60. The summed E-state index contributed by atoms with van der Waals surface area (Å²) in [6.45, 7) is 2.20. The molecule has 0 amide bonds. The Balaban J connectivity index is 1.86. The molecule has 0 aliphatic heterocycles. The molecule has 2 nitrogen and oxygen atoms in total. The predicted octanol–water partition coefficient (Wildman–Crippen LogP) is 3.84. The second-order valence-corrected chi connectivity index (χ2v) is 5.23. The minimum absolute atomic E-state index is 0.680. The normalized spacial score (nSPS) is 17.9. The molecule has 15 heavy (non-hydrogen) atoms. The van der Waals surface area contributed by atoms with Gasteiger partial charge in [-0.3, -0.25) is 0 Å². The zero-order valence-corrected chi connectivity index (χ0v) is 10.3. The molecule has 0 bridgehead atoms. The van der Waals surface area contributed by atoms with E-state index in [2.05, 4.69) is 22.6 Å². The van der Waals surface area contributed by atoms with Gasteiger partial charge < -0.3 is 5.32 Å². The Morgan fingerprint density at radius 3 is 2.93 bits per heavy atom. The van der Waals surface area contributed by atoms with Crippen LogP contribution in [0, 0.1) is 0 Å². The third-order valence-corrected chi connectivity index (χ3v) is 3.81. The standard InChI is InChI=1S/C12H20N2S/c1-2-6-11-9-15-12(14-11)13-10-7-4-3-5-8-10/h9-10H,2-8H2,1H3,(H,13,14). The summed E-state index contributed by atoms with van der Waals surface area (Å²) in [5.41, 5.74) is 1.25. The highest BCUT2D eigenvalue weighted by molar-refractivity contribution is 7.13. The number of aromatic nitrogens is 1. The Morgan fingerprint density at radius 1 is 1.40 bits per heavy atom. The average molecular weight is 224 g/mol.